The van der Waals surface area contributed by atoms with Gasteiger partial charge in [-0.1, -0.05) is 42.5 Å². The summed E-state index contributed by atoms with van der Waals surface area (Å²) >= 11 is 0. The topological polar surface area (TPSA) is 52.1 Å². The van der Waals surface area contributed by atoms with E-state index in [4.69, 9.17) is 14.2 Å². The lowest BCUT2D eigenvalue weighted by Gasteiger charge is -2.37. The largest absolute Gasteiger partial charge is 0.482 e. The van der Waals surface area contributed by atoms with E-state index in [2.05, 4.69) is 10.3 Å². The maximum Gasteiger partial charge on any atom is 0.303 e. The average Bonchev–Trinajstić information content (AvgIpc) is 3.17. The van der Waals surface area contributed by atoms with E-state index in [9.17, 15) is 0 Å². The third-order valence-electron chi connectivity index (χ3n) is 4.11. The zero-order valence-electron chi connectivity index (χ0n) is 12.9. The number of nitrogens with one attached hydrogen (secondary N) is 1. The van der Waals surface area contributed by atoms with Crippen LogP contribution >= 0.6 is 0 Å². The van der Waals surface area contributed by atoms with Crippen LogP contribution in [0, 0.1) is 0 Å². The van der Waals surface area contributed by atoms with E-state index in [1.54, 1.807) is 7.11 Å². The quantitative estimate of drug-likeness (QED) is 0.946. The van der Waals surface area contributed by atoms with Crippen molar-refractivity contribution in [3.63, 3.8) is 0 Å². The normalized spacial score (nSPS) is 22.4. The molecule has 0 aromatic heterocycles. The molecule has 23 heavy (non-hydrogen) atoms. The number of benzene rings is 2. The van der Waals surface area contributed by atoms with E-state index in [1.165, 1.54) is 0 Å². The Morgan fingerprint density at radius 2 is 2.00 bits per heavy atom. The first kappa shape index (κ1) is 14.1. The first-order valence-electron chi connectivity index (χ1n) is 7.67. The summed E-state index contributed by atoms with van der Waals surface area (Å²) in [6.07, 6.45) is 0. The van der Waals surface area contributed by atoms with Gasteiger partial charge in [-0.25, -0.2) is 0 Å². The Kier molecular flexibility index (Phi) is 3.42. The lowest BCUT2D eigenvalue weighted by Crippen LogP contribution is -2.57. The molecule has 0 saturated heterocycles. The Balaban J connectivity index is 1.79. The van der Waals surface area contributed by atoms with E-state index >= 15 is 0 Å². The monoisotopic (exact) mass is 310 g/mol. The number of para-hydroxylation sites is 1. The molecular formula is C18H18N2O3. The summed E-state index contributed by atoms with van der Waals surface area (Å²) in [6.45, 7) is 1.77. The zero-order chi connectivity index (χ0) is 15.7. The van der Waals surface area contributed by atoms with Crippen LogP contribution in [0.1, 0.15) is 0 Å². The van der Waals surface area contributed by atoms with Crippen LogP contribution in [0.4, 0.5) is 0 Å². The highest BCUT2D eigenvalue weighted by molar-refractivity contribution is 5.91. The standard InChI is InChI=1S/C18H18N2O3/c1-21-18(17-19-10-11-20-17)12-22-15-9-5-8-14(16(15)23-18)13-6-3-2-4-7-13/h2-9H,10-12H2,1H3,(H,19,20). The molecule has 0 aliphatic carbocycles. The van der Waals surface area contributed by atoms with Gasteiger partial charge in [0.15, 0.2) is 23.9 Å². The van der Waals surface area contributed by atoms with Crippen LogP contribution in [0.25, 0.3) is 11.1 Å². The molecular weight excluding hydrogens is 292 g/mol. The van der Waals surface area contributed by atoms with Gasteiger partial charge < -0.3 is 19.5 Å². The Morgan fingerprint density at radius 3 is 2.74 bits per heavy atom. The summed E-state index contributed by atoms with van der Waals surface area (Å²) in [5, 5.41) is 3.23. The number of amidine groups is 1. The van der Waals surface area contributed by atoms with Crippen molar-refractivity contribution in [3.05, 3.63) is 48.5 Å². The number of hydrogen-bond acceptors (Lipinski definition) is 5. The SMILES string of the molecule is COC1(C2=NCCN2)COc2cccc(-c3ccccc3)c2O1. The van der Waals surface area contributed by atoms with Gasteiger partial charge in [0, 0.05) is 19.2 Å². The third-order valence-corrected chi connectivity index (χ3v) is 4.11. The summed E-state index contributed by atoms with van der Waals surface area (Å²) < 4.78 is 17.9. The highest BCUT2D eigenvalue weighted by atomic mass is 16.7. The number of ether oxygens (including phenoxy) is 3. The van der Waals surface area contributed by atoms with Crippen LogP contribution in [0.5, 0.6) is 11.5 Å². The molecule has 118 valence electrons. The summed E-state index contributed by atoms with van der Waals surface area (Å²) in [6, 6.07) is 16.0. The summed E-state index contributed by atoms with van der Waals surface area (Å²) in [5.41, 5.74) is 2.05. The maximum absolute atomic E-state index is 6.30. The zero-order valence-corrected chi connectivity index (χ0v) is 12.9. The Bertz CT molecular complexity index is 745. The molecule has 0 fully saturated rings. The third kappa shape index (κ3) is 2.33. The first-order chi connectivity index (χ1) is 11.3. The Hall–Kier alpha value is -2.53. The maximum atomic E-state index is 6.30. The molecule has 0 bridgehead atoms. The first-order valence-corrected chi connectivity index (χ1v) is 7.67. The van der Waals surface area contributed by atoms with Crippen molar-refractivity contribution >= 4 is 5.84 Å². The molecule has 4 rings (SSSR count). The fourth-order valence-corrected chi connectivity index (χ4v) is 2.91. The van der Waals surface area contributed by atoms with Gasteiger partial charge in [0.25, 0.3) is 0 Å². The van der Waals surface area contributed by atoms with Crippen LogP contribution in [0.15, 0.2) is 53.5 Å². The molecule has 1 N–H and O–H groups in total. The van der Waals surface area contributed by atoms with Crippen LogP contribution in [-0.2, 0) is 4.74 Å². The van der Waals surface area contributed by atoms with Gasteiger partial charge >= 0.3 is 5.79 Å². The minimum Gasteiger partial charge on any atom is -0.482 e. The number of fused-ring (bicyclic) bond motifs is 1. The molecule has 0 amide bonds. The Morgan fingerprint density at radius 1 is 1.13 bits per heavy atom. The van der Waals surface area contributed by atoms with Gasteiger partial charge in [-0.2, -0.15) is 0 Å². The predicted molar refractivity (Wildman–Crippen MR) is 88.0 cm³/mol. The summed E-state index contributed by atoms with van der Waals surface area (Å²) in [5.74, 6) is 1.07. The molecule has 0 saturated carbocycles. The van der Waals surface area contributed by atoms with Crippen molar-refractivity contribution in [1.82, 2.24) is 5.32 Å². The molecule has 0 radical (unpaired) electrons. The van der Waals surface area contributed by atoms with Gasteiger partial charge in [-0.15, -0.1) is 0 Å². The number of aliphatic imine (C=N–C) groups is 1. The lowest BCUT2D eigenvalue weighted by molar-refractivity contribution is -0.145. The summed E-state index contributed by atoms with van der Waals surface area (Å²) in [4.78, 5) is 4.45. The molecule has 2 aromatic carbocycles. The lowest BCUT2D eigenvalue weighted by atomic mass is 10.0. The van der Waals surface area contributed by atoms with Crippen molar-refractivity contribution in [2.24, 2.45) is 4.99 Å². The molecule has 5 nitrogen and oxygen atoms in total. The van der Waals surface area contributed by atoms with Crippen molar-refractivity contribution in [2.75, 3.05) is 26.8 Å². The number of hydrogen-bond donors (Lipinski definition) is 1. The number of nitrogens with zero attached hydrogens (tertiary/aromatic N) is 1. The van der Waals surface area contributed by atoms with E-state index < -0.39 is 5.79 Å². The van der Waals surface area contributed by atoms with E-state index in [1.807, 2.05) is 48.5 Å². The molecule has 2 aromatic rings. The fraction of sp³-hybridized carbons (Fsp3) is 0.278. The van der Waals surface area contributed by atoms with Crippen LogP contribution < -0.4 is 14.8 Å². The number of rotatable bonds is 3. The molecule has 1 unspecified atom stereocenters. The second kappa shape index (κ2) is 5.59. The van der Waals surface area contributed by atoms with Gasteiger partial charge in [0.1, 0.15) is 0 Å². The minimum atomic E-state index is -1.02. The highest BCUT2D eigenvalue weighted by Gasteiger charge is 2.45. The van der Waals surface area contributed by atoms with E-state index in [-0.39, 0.29) is 6.61 Å². The van der Waals surface area contributed by atoms with Crippen molar-refractivity contribution in [2.45, 2.75) is 5.79 Å². The predicted octanol–water partition coefficient (Wildman–Crippen LogP) is 2.47. The van der Waals surface area contributed by atoms with E-state index in [0.717, 1.165) is 30.0 Å². The van der Waals surface area contributed by atoms with Crippen molar-refractivity contribution < 1.29 is 14.2 Å². The second-order valence-electron chi connectivity index (χ2n) is 5.50. The van der Waals surface area contributed by atoms with E-state index in [0.29, 0.717) is 11.6 Å². The molecule has 1 atom stereocenters. The van der Waals surface area contributed by atoms with Crippen molar-refractivity contribution in [1.29, 1.82) is 0 Å². The Labute approximate surface area is 134 Å². The van der Waals surface area contributed by atoms with Crippen molar-refractivity contribution in [3.8, 4) is 22.6 Å². The van der Waals surface area contributed by atoms with Crippen LogP contribution in [0.2, 0.25) is 0 Å². The molecule has 5 heteroatoms. The fourth-order valence-electron chi connectivity index (χ4n) is 2.91. The smallest absolute Gasteiger partial charge is 0.303 e. The van der Waals surface area contributed by atoms with Gasteiger partial charge in [-0.05, 0) is 11.6 Å². The van der Waals surface area contributed by atoms with Gasteiger partial charge in [0.2, 0.25) is 0 Å². The van der Waals surface area contributed by atoms with Gasteiger partial charge in [-0.3, -0.25) is 4.99 Å². The van der Waals surface area contributed by atoms with Crippen LogP contribution in [-0.4, -0.2) is 38.4 Å². The summed E-state index contributed by atoms with van der Waals surface area (Å²) in [7, 11) is 1.61. The molecule has 2 aliphatic rings. The average molecular weight is 310 g/mol. The molecule has 2 aliphatic heterocycles. The number of methoxy groups -OCH3 is 1. The molecule has 0 spiro atoms. The van der Waals surface area contributed by atoms with Crippen LogP contribution in [0.3, 0.4) is 0 Å². The van der Waals surface area contributed by atoms with Gasteiger partial charge in [0.05, 0.1) is 6.54 Å². The minimum absolute atomic E-state index is 0.264. The highest BCUT2D eigenvalue weighted by Crippen LogP contribution is 2.43. The molecule has 2 heterocycles. The second-order valence-corrected chi connectivity index (χ2v) is 5.50.